The van der Waals surface area contributed by atoms with Gasteiger partial charge in [-0.2, -0.15) is 0 Å². The molecule has 6 nitrogen and oxygen atoms in total. The van der Waals surface area contributed by atoms with E-state index in [9.17, 15) is 9.59 Å². The molecule has 112 valence electrons. The molecule has 1 rings (SSSR count). The highest BCUT2D eigenvalue weighted by Gasteiger charge is 2.28. The van der Waals surface area contributed by atoms with Crippen molar-refractivity contribution in [3.05, 3.63) is 0 Å². The molecule has 0 saturated carbocycles. The van der Waals surface area contributed by atoms with Crippen LogP contribution >= 0.6 is 12.4 Å². The Morgan fingerprint density at radius 3 is 2.05 bits per heavy atom. The number of nitrogens with one attached hydrogen (secondary N) is 1. The molecule has 0 radical (unpaired) electrons. The molecular formula is C12H25ClN4O2. The second kappa shape index (κ2) is 8.22. The first-order valence-corrected chi connectivity index (χ1v) is 6.54. The molecular weight excluding hydrogens is 268 g/mol. The summed E-state index contributed by atoms with van der Waals surface area (Å²) in [6.45, 7) is 8.66. The molecule has 0 aromatic heterocycles. The number of urea groups is 1. The Morgan fingerprint density at radius 1 is 1.16 bits per heavy atom. The van der Waals surface area contributed by atoms with E-state index in [-0.39, 0.29) is 30.3 Å². The molecule has 0 aliphatic carbocycles. The summed E-state index contributed by atoms with van der Waals surface area (Å²) in [6, 6.07) is -0.501. The zero-order valence-corrected chi connectivity index (χ0v) is 12.7. The first-order chi connectivity index (χ1) is 8.47. The zero-order valence-electron chi connectivity index (χ0n) is 11.9. The maximum atomic E-state index is 12.0. The molecule has 0 aromatic rings. The van der Waals surface area contributed by atoms with Crippen LogP contribution in [0, 0.1) is 5.92 Å². The summed E-state index contributed by atoms with van der Waals surface area (Å²) in [5.41, 5.74) is 5.85. The normalized spacial score (nSPS) is 16.9. The van der Waals surface area contributed by atoms with E-state index < -0.39 is 6.04 Å². The Balaban J connectivity index is 0.00000324. The highest BCUT2D eigenvalue weighted by molar-refractivity contribution is 5.85. The molecule has 1 fully saturated rings. The summed E-state index contributed by atoms with van der Waals surface area (Å²) < 4.78 is 0. The van der Waals surface area contributed by atoms with Crippen LogP contribution in [0.2, 0.25) is 0 Å². The summed E-state index contributed by atoms with van der Waals surface area (Å²) in [4.78, 5) is 27.1. The van der Waals surface area contributed by atoms with Crippen molar-refractivity contribution in [3.8, 4) is 0 Å². The molecule has 0 unspecified atom stereocenters. The van der Waals surface area contributed by atoms with E-state index in [1.54, 1.807) is 9.80 Å². The van der Waals surface area contributed by atoms with Crippen LogP contribution in [0.4, 0.5) is 4.79 Å². The van der Waals surface area contributed by atoms with Gasteiger partial charge in [-0.3, -0.25) is 4.79 Å². The number of rotatable bonds is 3. The van der Waals surface area contributed by atoms with E-state index in [2.05, 4.69) is 5.32 Å². The lowest BCUT2D eigenvalue weighted by atomic mass is 10.0. The molecule has 1 saturated heterocycles. The molecule has 1 atom stereocenters. The Hall–Kier alpha value is -1.01. The van der Waals surface area contributed by atoms with Crippen LogP contribution in [0.25, 0.3) is 0 Å². The van der Waals surface area contributed by atoms with Crippen LogP contribution in [0.5, 0.6) is 0 Å². The molecule has 3 amide bonds. The van der Waals surface area contributed by atoms with Gasteiger partial charge >= 0.3 is 6.03 Å². The summed E-state index contributed by atoms with van der Waals surface area (Å²) in [7, 11) is 0. The summed E-state index contributed by atoms with van der Waals surface area (Å²) in [5.74, 6) is 0.125. The largest absolute Gasteiger partial charge is 0.338 e. The summed E-state index contributed by atoms with van der Waals surface area (Å²) >= 11 is 0. The van der Waals surface area contributed by atoms with Gasteiger partial charge in [-0.05, 0) is 12.8 Å². The Morgan fingerprint density at radius 2 is 1.63 bits per heavy atom. The van der Waals surface area contributed by atoms with Gasteiger partial charge in [0.15, 0.2) is 0 Å². The smallest absolute Gasteiger partial charge is 0.317 e. The third-order valence-corrected chi connectivity index (χ3v) is 3.21. The number of amides is 3. The van der Waals surface area contributed by atoms with Gasteiger partial charge in [0.05, 0.1) is 6.04 Å². The lowest BCUT2D eigenvalue weighted by Gasteiger charge is -2.36. The van der Waals surface area contributed by atoms with E-state index in [0.29, 0.717) is 32.7 Å². The van der Waals surface area contributed by atoms with E-state index in [1.807, 2.05) is 20.8 Å². The number of carbonyl (C=O) groups excluding carboxylic acids is 2. The van der Waals surface area contributed by atoms with Crippen molar-refractivity contribution in [3.63, 3.8) is 0 Å². The average molecular weight is 293 g/mol. The van der Waals surface area contributed by atoms with Crippen molar-refractivity contribution in [1.29, 1.82) is 0 Å². The van der Waals surface area contributed by atoms with Crippen molar-refractivity contribution in [2.75, 3.05) is 32.7 Å². The summed E-state index contributed by atoms with van der Waals surface area (Å²) in [6.07, 6.45) is 0. The van der Waals surface area contributed by atoms with Crippen molar-refractivity contribution in [1.82, 2.24) is 15.1 Å². The molecule has 0 spiro atoms. The van der Waals surface area contributed by atoms with Gasteiger partial charge in [-0.1, -0.05) is 13.8 Å². The fourth-order valence-corrected chi connectivity index (χ4v) is 1.89. The third-order valence-electron chi connectivity index (χ3n) is 3.21. The van der Waals surface area contributed by atoms with Gasteiger partial charge in [0.25, 0.3) is 0 Å². The number of halogens is 1. The topological polar surface area (TPSA) is 78.7 Å². The molecule has 1 aliphatic heterocycles. The van der Waals surface area contributed by atoms with Gasteiger partial charge in [-0.25, -0.2) is 4.79 Å². The lowest BCUT2D eigenvalue weighted by Crippen LogP contribution is -2.56. The number of piperazine rings is 1. The predicted octanol–water partition coefficient (Wildman–Crippen LogP) is 0.265. The zero-order chi connectivity index (χ0) is 13.7. The number of hydrogen-bond acceptors (Lipinski definition) is 3. The van der Waals surface area contributed by atoms with Crippen LogP contribution in [0.15, 0.2) is 0 Å². The first kappa shape index (κ1) is 18.0. The number of nitrogens with zero attached hydrogens (tertiary/aromatic N) is 2. The average Bonchev–Trinajstić information content (AvgIpc) is 2.37. The number of carbonyl (C=O) groups is 2. The summed E-state index contributed by atoms with van der Waals surface area (Å²) in [5, 5.41) is 2.76. The van der Waals surface area contributed by atoms with Gasteiger partial charge in [0, 0.05) is 32.7 Å². The van der Waals surface area contributed by atoms with Gasteiger partial charge in [0.2, 0.25) is 5.91 Å². The Kier molecular flexibility index (Phi) is 7.78. The van der Waals surface area contributed by atoms with Crippen molar-refractivity contribution < 1.29 is 9.59 Å². The number of hydrogen-bond donors (Lipinski definition) is 2. The monoisotopic (exact) mass is 292 g/mol. The van der Waals surface area contributed by atoms with Gasteiger partial charge in [0.1, 0.15) is 0 Å². The van der Waals surface area contributed by atoms with Crippen molar-refractivity contribution >= 4 is 24.3 Å². The van der Waals surface area contributed by atoms with Gasteiger partial charge in [-0.15, -0.1) is 12.4 Å². The lowest BCUT2D eigenvalue weighted by molar-refractivity contribution is -0.135. The second-order valence-corrected chi connectivity index (χ2v) is 4.92. The second-order valence-electron chi connectivity index (χ2n) is 4.92. The van der Waals surface area contributed by atoms with Gasteiger partial charge < -0.3 is 20.9 Å². The Bertz CT molecular complexity index is 304. The maximum Gasteiger partial charge on any atom is 0.317 e. The minimum Gasteiger partial charge on any atom is -0.338 e. The SMILES string of the molecule is CCNC(=O)N1CCN(C(=O)[C@H](N)C(C)C)CC1.Cl. The minimum absolute atomic E-state index is 0. The predicted molar refractivity (Wildman–Crippen MR) is 77.3 cm³/mol. The molecule has 3 N–H and O–H groups in total. The molecule has 19 heavy (non-hydrogen) atoms. The third kappa shape index (κ3) is 4.87. The quantitative estimate of drug-likeness (QED) is 0.783. The number of nitrogens with two attached hydrogens (primary N) is 1. The Labute approximate surface area is 121 Å². The van der Waals surface area contributed by atoms with E-state index >= 15 is 0 Å². The van der Waals surface area contributed by atoms with Crippen LogP contribution in [-0.2, 0) is 4.79 Å². The molecule has 7 heteroatoms. The first-order valence-electron chi connectivity index (χ1n) is 6.54. The maximum absolute atomic E-state index is 12.0. The van der Waals surface area contributed by atoms with Crippen LogP contribution in [-0.4, -0.2) is 60.5 Å². The molecule has 1 aliphatic rings. The molecule has 0 aromatic carbocycles. The molecule has 0 bridgehead atoms. The van der Waals surface area contributed by atoms with Crippen LogP contribution in [0.1, 0.15) is 20.8 Å². The molecule has 1 heterocycles. The van der Waals surface area contributed by atoms with Crippen molar-refractivity contribution in [2.24, 2.45) is 11.7 Å². The van der Waals surface area contributed by atoms with E-state index in [0.717, 1.165) is 0 Å². The fourth-order valence-electron chi connectivity index (χ4n) is 1.89. The highest BCUT2D eigenvalue weighted by atomic mass is 35.5. The van der Waals surface area contributed by atoms with Crippen LogP contribution in [0.3, 0.4) is 0 Å². The fraction of sp³-hybridized carbons (Fsp3) is 0.833. The van der Waals surface area contributed by atoms with E-state index in [1.165, 1.54) is 0 Å². The standard InChI is InChI=1S/C12H24N4O2.ClH/c1-4-14-12(18)16-7-5-15(6-8-16)11(17)10(13)9(2)3;/h9-10H,4-8,13H2,1-3H3,(H,14,18);1H/t10-;/m1./s1. The minimum atomic E-state index is -0.444. The van der Waals surface area contributed by atoms with Crippen molar-refractivity contribution in [2.45, 2.75) is 26.8 Å². The van der Waals surface area contributed by atoms with Crippen LogP contribution < -0.4 is 11.1 Å². The highest BCUT2D eigenvalue weighted by Crippen LogP contribution is 2.07. The van der Waals surface area contributed by atoms with E-state index in [4.69, 9.17) is 5.73 Å².